The van der Waals surface area contributed by atoms with Gasteiger partial charge in [0.05, 0.1) is 34.9 Å². The summed E-state index contributed by atoms with van der Waals surface area (Å²) in [7, 11) is -2.22. The van der Waals surface area contributed by atoms with Gasteiger partial charge in [-0.3, -0.25) is 9.59 Å². The van der Waals surface area contributed by atoms with E-state index >= 15 is 0 Å². The quantitative estimate of drug-likeness (QED) is 0.724. The highest BCUT2D eigenvalue weighted by molar-refractivity contribution is 8.00. The maximum Gasteiger partial charge on any atom is 0.234 e. The minimum atomic E-state index is -3.72. The van der Waals surface area contributed by atoms with Crippen molar-refractivity contribution in [2.75, 3.05) is 29.2 Å². The first kappa shape index (κ1) is 21.2. The summed E-state index contributed by atoms with van der Waals surface area (Å²) in [5.74, 6) is -0.922. The lowest BCUT2D eigenvalue weighted by Gasteiger charge is -2.18. The molecule has 2 amide bonds. The summed E-state index contributed by atoms with van der Waals surface area (Å²) in [6, 6.07) is 9.99. The molecule has 0 saturated heterocycles. The number of hydrogen-bond donors (Lipinski definition) is 2. The van der Waals surface area contributed by atoms with Crippen LogP contribution < -0.4 is 15.4 Å². The predicted octanol–water partition coefficient (Wildman–Crippen LogP) is 3.10. The van der Waals surface area contributed by atoms with Crippen LogP contribution in [0.1, 0.15) is 12.5 Å². The molecule has 0 radical (unpaired) electrons. The number of anilines is 2. The smallest absolute Gasteiger partial charge is 0.234 e. The standard InChI is InChI=1S/C20H22N2O5S2/c1-12-4-6-17(27-3)15(8-12)22-20(24)13(2)11-29(25,26)14-5-7-18-16(9-14)21-19(23)10-28-18/h4-9,13H,10-11H2,1-3H3,(H,21,23)(H,22,24)/t13-/m0/s1. The predicted molar refractivity (Wildman–Crippen MR) is 113 cm³/mol. The number of methoxy groups -OCH3 is 1. The third-order valence-electron chi connectivity index (χ3n) is 4.47. The van der Waals surface area contributed by atoms with E-state index < -0.39 is 21.7 Å². The Morgan fingerprint density at radius 2 is 2.03 bits per heavy atom. The number of thioether (sulfide) groups is 1. The van der Waals surface area contributed by atoms with Crippen molar-refractivity contribution in [3.63, 3.8) is 0 Å². The van der Waals surface area contributed by atoms with E-state index in [0.29, 0.717) is 22.9 Å². The SMILES string of the molecule is COc1ccc(C)cc1NC(=O)[C@@H](C)CS(=O)(=O)c1ccc2c(c1)NC(=O)CS2. The number of hydrogen-bond acceptors (Lipinski definition) is 6. The summed E-state index contributed by atoms with van der Waals surface area (Å²) in [6.45, 7) is 3.45. The average Bonchev–Trinajstić information content (AvgIpc) is 2.67. The van der Waals surface area contributed by atoms with Crippen LogP contribution in [0, 0.1) is 12.8 Å². The minimum absolute atomic E-state index is 0.0758. The monoisotopic (exact) mass is 434 g/mol. The molecule has 2 N–H and O–H groups in total. The van der Waals surface area contributed by atoms with Crippen molar-refractivity contribution in [2.24, 2.45) is 5.92 Å². The zero-order valence-electron chi connectivity index (χ0n) is 16.3. The van der Waals surface area contributed by atoms with E-state index in [1.54, 1.807) is 25.1 Å². The van der Waals surface area contributed by atoms with Gasteiger partial charge in [0.1, 0.15) is 5.75 Å². The largest absolute Gasteiger partial charge is 0.495 e. The van der Waals surface area contributed by atoms with Crippen molar-refractivity contribution in [3.8, 4) is 5.75 Å². The Morgan fingerprint density at radius 1 is 1.28 bits per heavy atom. The number of rotatable bonds is 6. The number of amides is 2. The second kappa shape index (κ2) is 8.46. The van der Waals surface area contributed by atoms with Crippen molar-refractivity contribution in [1.82, 2.24) is 0 Å². The lowest BCUT2D eigenvalue weighted by molar-refractivity contribution is -0.118. The Morgan fingerprint density at radius 3 is 2.76 bits per heavy atom. The van der Waals surface area contributed by atoms with Crippen LogP contribution >= 0.6 is 11.8 Å². The Kier molecular flexibility index (Phi) is 6.18. The molecule has 154 valence electrons. The van der Waals surface area contributed by atoms with Crippen LogP contribution in [0.2, 0.25) is 0 Å². The Balaban J connectivity index is 1.75. The third-order valence-corrected chi connectivity index (χ3v) is 7.46. The van der Waals surface area contributed by atoms with E-state index in [9.17, 15) is 18.0 Å². The van der Waals surface area contributed by atoms with Crippen molar-refractivity contribution in [2.45, 2.75) is 23.6 Å². The van der Waals surface area contributed by atoms with Crippen molar-refractivity contribution < 1.29 is 22.7 Å². The lowest BCUT2D eigenvalue weighted by Crippen LogP contribution is -2.27. The molecule has 9 heteroatoms. The Bertz CT molecular complexity index is 1070. The number of nitrogens with one attached hydrogen (secondary N) is 2. The van der Waals surface area contributed by atoms with Crippen molar-refractivity contribution >= 4 is 44.8 Å². The van der Waals surface area contributed by atoms with Gasteiger partial charge in [0.15, 0.2) is 9.84 Å². The van der Waals surface area contributed by atoms with Gasteiger partial charge in [0.2, 0.25) is 11.8 Å². The molecule has 0 aliphatic carbocycles. The van der Waals surface area contributed by atoms with Crippen LogP contribution in [-0.2, 0) is 19.4 Å². The van der Waals surface area contributed by atoms with Gasteiger partial charge < -0.3 is 15.4 Å². The first-order valence-corrected chi connectivity index (χ1v) is 11.6. The summed E-state index contributed by atoms with van der Waals surface area (Å²) in [5, 5.41) is 5.42. The first-order valence-electron chi connectivity index (χ1n) is 8.94. The molecule has 7 nitrogen and oxygen atoms in total. The zero-order chi connectivity index (χ0) is 21.2. The normalized spacial score (nSPS) is 14.5. The van der Waals surface area contributed by atoms with E-state index in [4.69, 9.17) is 4.74 Å². The van der Waals surface area contributed by atoms with Crippen LogP contribution in [0.4, 0.5) is 11.4 Å². The summed E-state index contributed by atoms with van der Waals surface area (Å²) < 4.78 is 30.9. The third kappa shape index (κ3) is 4.91. The van der Waals surface area contributed by atoms with Crippen LogP contribution in [0.5, 0.6) is 5.75 Å². The van der Waals surface area contributed by atoms with Crippen LogP contribution in [0.25, 0.3) is 0 Å². The van der Waals surface area contributed by atoms with E-state index in [-0.39, 0.29) is 16.6 Å². The number of benzene rings is 2. The van der Waals surface area contributed by atoms with Gasteiger partial charge in [-0.2, -0.15) is 0 Å². The molecule has 0 spiro atoms. The maximum absolute atomic E-state index is 12.8. The highest BCUT2D eigenvalue weighted by Gasteiger charge is 2.26. The topological polar surface area (TPSA) is 102 Å². The van der Waals surface area contributed by atoms with Crippen LogP contribution in [0.3, 0.4) is 0 Å². The molecule has 1 heterocycles. The maximum atomic E-state index is 12.8. The molecular weight excluding hydrogens is 412 g/mol. The highest BCUT2D eigenvalue weighted by Crippen LogP contribution is 2.33. The average molecular weight is 435 g/mol. The van der Waals surface area contributed by atoms with Gasteiger partial charge in [0.25, 0.3) is 0 Å². The second-order valence-corrected chi connectivity index (χ2v) is 9.92. The number of fused-ring (bicyclic) bond motifs is 1. The van der Waals surface area contributed by atoms with Gasteiger partial charge in [-0.1, -0.05) is 13.0 Å². The fourth-order valence-electron chi connectivity index (χ4n) is 2.93. The molecule has 1 aliphatic heterocycles. The Hall–Kier alpha value is -2.52. The van der Waals surface area contributed by atoms with Gasteiger partial charge in [-0.15, -0.1) is 11.8 Å². The van der Waals surface area contributed by atoms with E-state index in [0.717, 1.165) is 10.5 Å². The van der Waals surface area contributed by atoms with E-state index in [1.807, 2.05) is 13.0 Å². The number of sulfone groups is 1. The molecule has 1 aliphatic rings. The summed E-state index contributed by atoms with van der Waals surface area (Å²) in [6.07, 6.45) is 0. The zero-order valence-corrected chi connectivity index (χ0v) is 17.9. The minimum Gasteiger partial charge on any atom is -0.495 e. The van der Waals surface area contributed by atoms with Gasteiger partial charge in [-0.25, -0.2) is 8.42 Å². The van der Waals surface area contributed by atoms with E-state index in [1.165, 1.54) is 31.0 Å². The summed E-state index contributed by atoms with van der Waals surface area (Å²) in [5.41, 5.74) is 1.92. The molecule has 1 atom stereocenters. The van der Waals surface area contributed by atoms with Crippen LogP contribution in [0.15, 0.2) is 46.2 Å². The van der Waals surface area contributed by atoms with Gasteiger partial charge in [-0.05, 0) is 42.8 Å². The lowest BCUT2D eigenvalue weighted by atomic mass is 10.1. The summed E-state index contributed by atoms with van der Waals surface area (Å²) >= 11 is 1.36. The first-order chi connectivity index (χ1) is 13.7. The van der Waals surface area contributed by atoms with Crippen molar-refractivity contribution in [3.05, 3.63) is 42.0 Å². The molecule has 0 unspecified atom stereocenters. The molecular formula is C20H22N2O5S2. The molecule has 0 fully saturated rings. The molecule has 2 aromatic carbocycles. The Labute approximate surface area is 174 Å². The summed E-state index contributed by atoms with van der Waals surface area (Å²) in [4.78, 5) is 25.0. The number of ether oxygens (including phenoxy) is 1. The fraction of sp³-hybridized carbons (Fsp3) is 0.300. The number of carbonyl (C=O) groups is 2. The second-order valence-electron chi connectivity index (χ2n) is 6.87. The number of aryl methyl sites for hydroxylation is 1. The molecule has 2 aromatic rings. The molecule has 3 rings (SSSR count). The van der Waals surface area contributed by atoms with Gasteiger partial charge in [0, 0.05) is 10.8 Å². The molecule has 0 bridgehead atoms. The van der Waals surface area contributed by atoms with Gasteiger partial charge >= 0.3 is 0 Å². The number of carbonyl (C=O) groups excluding carboxylic acids is 2. The highest BCUT2D eigenvalue weighted by atomic mass is 32.2. The molecule has 0 saturated carbocycles. The van der Waals surface area contributed by atoms with E-state index in [2.05, 4.69) is 10.6 Å². The van der Waals surface area contributed by atoms with Crippen molar-refractivity contribution in [1.29, 1.82) is 0 Å². The fourth-order valence-corrected chi connectivity index (χ4v) is 5.30. The van der Waals surface area contributed by atoms with Crippen LogP contribution in [-0.4, -0.2) is 38.8 Å². The molecule has 29 heavy (non-hydrogen) atoms. The molecule has 0 aromatic heterocycles.